The second-order valence-electron chi connectivity index (χ2n) is 10.7. The monoisotopic (exact) mass is 507 g/mol. The van der Waals surface area contributed by atoms with Crippen LogP contribution >= 0.6 is 0 Å². The van der Waals surface area contributed by atoms with Crippen LogP contribution in [0.15, 0.2) is 42.5 Å². The number of hydrogen-bond acceptors (Lipinski definition) is 4. The lowest BCUT2D eigenvalue weighted by Crippen LogP contribution is -2.51. The van der Waals surface area contributed by atoms with Crippen LogP contribution in [-0.4, -0.2) is 72.4 Å². The molecule has 2 fully saturated rings. The molecule has 37 heavy (non-hydrogen) atoms. The van der Waals surface area contributed by atoms with E-state index < -0.39 is 6.10 Å². The predicted molar refractivity (Wildman–Crippen MR) is 141 cm³/mol. The molecule has 0 spiro atoms. The molecule has 7 heteroatoms. The molecule has 0 radical (unpaired) electrons. The number of fused-ring (bicyclic) bond motifs is 1. The van der Waals surface area contributed by atoms with Crippen LogP contribution in [0.25, 0.3) is 0 Å². The zero-order chi connectivity index (χ0) is 25.9. The highest BCUT2D eigenvalue weighted by atomic mass is 19.1. The molecule has 2 unspecified atom stereocenters. The predicted octanol–water partition coefficient (Wildman–Crippen LogP) is 4.42. The third-order valence-corrected chi connectivity index (χ3v) is 8.26. The van der Waals surface area contributed by atoms with Crippen molar-refractivity contribution < 1.29 is 18.7 Å². The van der Waals surface area contributed by atoms with Crippen molar-refractivity contribution >= 4 is 11.8 Å². The summed E-state index contributed by atoms with van der Waals surface area (Å²) >= 11 is 0. The average Bonchev–Trinajstić information content (AvgIpc) is 3.46. The second kappa shape index (κ2) is 11.2. The van der Waals surface area contributed by atoms with Crippen molar-refractivity contribution in [1.29, 1.82) is 0 Å². The number of likely N-dealkylation sites (N-methyl/N-ethyl adjacent to an activating group) is 1. The van der Waals surface area contributed by atoms with E-state index in [1.807, 2.05) is 28.9 Å². The highest BCUT2D eigenvalue weighted by Crippen LogP contribution is 2.40. The number of nitrogens with zero attached hydrogens (tertiary/aromatic N) is 3. The zero-order valence-electron chi connectivity index (χ0n) is 22.0. The lowest BCUT2D eigenvalue weighted by Gasteiger charge is -2.39. The summed E-state index contributed by atoms with van der Waals surface area (Å²) in [4.78, 5) is 33.0. The van der Waals surface area contributed by atoms with Gasteiger partial charge in [0.2, 0.25) is 5.91 Å². The normalized spacial score (nSPS) is 21.5. The van der Waals surface area contributed by atoms with Crippen LogP contribution in [0.1, 0.15) is 61.8 Å². The van der Waals surface area contributed by atoms with Crippen LogP contribution in [0.2, 0.25) is 0 Å². The van der Waals surface area contributed by atoms with Crippen molar-refractivity contribution in [3.63, 3.8) is 0 Å². The number of piperazine rings is 1. The van der Waals surface area contributed by atoms with E-state index in [2.05, 4.69) is 18.0 Å². The summed E-state index contributed by atoms with van der Waals surface area (Å²) in [6.45, 7) is 5.77. The summed E-state index contributed by atoms with van der Waals surface area (Å²) in [7, 11) is 2.07. The smallest absolute Gasteiger partial charge is 0.263 e. The molecule has 198 valence electrons. The van der Waals surface area contributed by atoms with Crippen LogP contribution in [0.4, 0.5) is 4.39 Å². The minimum Gasteiger partial charge on any atom is -0.481 e. The Morgan fingerprint density at radius 2 is 1.70 bits per heavy atom. The number of halogens is 1. The van der Waals surface area contributed by atoms with Gasteiger partial charge in [-0.05, 0) is 73.7 Å². The van der Waals surface area contributed by atoms with Gasteiger partial charge in [0.25, 0.3) is 5.91 Å². The van der Waals surface area contributed by atoms with Crippen molar-refractivity contribution in [3.8, 4) is 5.75 Å². The first kappa shape index (κ1) is 25.7. The largest absolute Gasteiger partial charge is 0.481 e. The Labute approximate surface area is 219 Å². The van der Waals surface area contributed by atoms with Gasteiger partial charge in [0.1, 0.15) is 11.6 Å². The van der Waals surface area contributed by atoms with Gasteiger partial charge >= 0.3 is 0 Å². The summed E-state index contributed by atoms with van der Waals surface area (Å²) in [5.74, 6) is 0.630. The maximum absolute atomic E-state index is 13.8. The highest BCUT2D eigenvalue weighted by Gasteiger charge is 2.37. The molecule has 6 nitrogen and oxygen atoms in total. The van der Waals surface area contributed by atoms with Crippen LogP contribution in [0.5, 0.6) is 5.75 Å². The molecule has 1 saturated heterocycles. The van der Waals surface area contributed by atoms with Gasteiger partial charge < -0.3 is 19.4 Å². The molecule has 2 heterocycles. The Balaban J connectivity index is 1.43. The van der Waals surface area contributed by atoms with E-state index in [4.69, 9.17) is 4.74 Å². The van der Waals surface area contributed by atoms with E-state index in [0.717, 1.165) is 61.9 Å². The fourth-order valence-corrected chi connectivity index (χ4v) is 6.02. The quantitative estimate of drug-likeness (QED) is 0.581. The SMILES string of the molecule is CCC(Oc1ccc2c(c1)C(c1ccc(F)cc1)N(C(=O)C1CCCC1)CC2)C(=O)N1CCN(C)CC1. The first-order chi connectivity index (χ1) is 17.9. The maximum atomic E-state index is 13.8. The Morgan fingerprint density at radius 1 is 1.00 bits per heavy atom. The van der Waals surface area contributed by atoms with Gasteiger partial charge in [-0.15, -0.1) is 0 Å². The minimum atomic E-state index is -0.550. The average molecular weight is 508 g/mol. The van der Waals surface area contributed by atoms with Gasteiger partial charge in [-0.25, -0.2) is 4.39 Å². The van der Waals surface area contributed by atoms with Crippen molar-refractivity contribution in [3.05, 3.63) is 65.0 Å². The zero-order valence-corrected chi connectivity index (χ0v) is 22.0. The molecule has 0 aromatic heterocycles. The number of benzene rings is 2. The standard InChI is InChI=1S/C30H38FN3O3/c1-3-27(30(36)33-18-16-32(2)17-19-33)37-25-13-10-21-14-15-34(29(35)23-6-4-5-7-23)28(26(21)20-25)22-8-11-24(31)12-9-22/h8-13,20,23,27-28H,3-7,14-19H2,1-2H3. The van der Waals surface area contributed by atoms with E-state index >= 15 is 0 Å². The second-order valence-corrected chi connectivity index (χ2v) is 10.7. The Hall–Kier alpha value is -2.93. The number of amides is 2. The third-order valence-electron chi connectivity index (χ3n) is 8.26. The van der Waals surface area contributed by atoms with Crippen molar-refractivity contribution in [1.82, 2.24) is 14.7 Å². The number of carbonyl (C=O) groups excluding carboxylic acids is 2. The molecule has 3 aliphatic rings. The van der Waals surface area contributed by atoms with Crippen LogP contribution in [0.3, 0.4) is 0 Å². The fourth-order valence-electron chi connectivity index (χ4n) is 6.02. The first-order valence-electron chi connectivity index (χ1n) is 13.8. The van der Waals surface area contributed by atoms with Crippen molar-refractivity contribution in [2.45, 2.75) is 57.6 Å². The summed E-state index contributed by atoms with van der Waals surface area (Å²) in [5.41, 5.74) is 3.06. The molecular weight excluding hydrogens is 469 g/mol. The Morgan fingerprint density at radius 3 is 2.38 bits per heavy atom. The third kappa shape index (κ3) is 5.52. The number of rotatable bonds is 6. The maximum Gasteiger partial charge on any atom is 0.263 e. The van der Waals surface area contributed by atoms with E-state index in [1.165, 1.54) is 12.1 Å². The molecule has 2 amide bonds. The van der Waals surface area contributed by atoms with Crippen LogP contribution in [-0.2, 0) is 16.0 Å². The van der Waals surface area contributed by atoms with Gasteiger partial charge in [0.05, 0.1) is 6.04 Å². The molecule has 2 atom stereocenters. The first-order valence-corrected chi connectivity index (χ1v) is 13.8. The van der Waals surface area contributed by atoms with E-state index in [9.17, 15) is 14.0 Å². The van der Waals surface area contributed by atoms with E-state index in [-0.39, 0.29) is 29.6 Å². The van der Waals surface area contributed by atoms with Crippen LogP contribution < -0.4 is 4.74 Å². The van der Waals surface area contributed by atoms with Gasteiger partial charge in [0.15, 0.2) is 6.10 Å². The highest BCUT2D eigenvalue weighted by molar-refractivity contribution is 5.82. The van der Waals surface area contributed by atoms with Gasteiger partial charge in [-0.3, -0.25) is 9.59 Å². The Kier molecular flexibility index (Phi) is 7.79. The number of hydrogen-bond donors (Lipinski definition) is 0. The fraction of sp³-hybridized carbons (Fsp3) is 0.533. The van der Waals surface area contributed by atoms with Gasteiger partial charge in [-0.1, -0.05) is 38.0 Å². The summed E-state index contributed by atoms with van der Waals surface area (Å²) in [6, 6.07) is 12.2. The van der Waals surface area contributed by atoms with E-state index in [0.29, 0.717) is 31.8 Å². The molecule has 0 N–H and O–H groups in total. The summed E-state index contributed by atoms with van der Waals surface area (Å²) < 4.78 is 20.1. The lowest BCUT2D eigenvalue weighted by atomic mass is 9.87. The molecule has 1 saturated carbocycles. The summed E-state index contributed by atoms with van der Waals surface area (Å²) in [5, 5.41) is 0. The Bertz CT molecular complexity index is 1110. The molecule has 2 aliphatic heterocycles. The van der Waals surface area contributed by atoms with E-state index in [1.54, 1.807) is 12.1 Å². The van der Waals surface area contributed by atoms with Crippen LogP contribution in [0, 0.1) is 11.7 Å². The topological polar surface area (TPSA) is 53.1 Å². The van der Waals surface area contributed by atoms with Crippen molar-refractivity contribution in [2.75, 3.05) is 39.8 Å². The molecule has 5 rings (SSSR count). The number of carbonyl (C=O) groups is 2. The molecule has 2 aromatic carbocycles. The molecule has 1 aliphatic carbocycles. The van der Waals surface area contributed by atoms with Gasteiger partial charge in [0, 0.05) is 38.6 Å². The molecule has 0 bridgehead atoms. The lowest BCUT2D eigenvalue weighted by molar-refractivity contribution is -0.140. The minimum absolute atomic E-state index is 0.0291. The number of ether oxygens (including phenoxy) is 1. The van der Waals surface area contributed by atoms with Gasteiger partial charge in [-0.2, -0.15) is 0 Å². The molecule has 2 aromatic rings. The molecular formula is C30H38FN3O3. The van der Waals surface area contributed by atoms with Crippen molar-refractivity contribution in [2.24, 2.45) is 5.92 Å². The summed E-state index contributed by atoms with van der Waals surface area (Å²) in [6.07, 6.45) is 4.87.